The maximum Gasteiger partial charge on any atom is 0.0641 e. The Hall–Kier alpha value is -0.0800. The van der Waals surface area contributed by atoms with Crippen molar-refractivity contribution in [1.29, 1.82) is 0 Å². The molecule has 0 aliphatic rings. The molecule has 0 radical (unpaired) electrons. The summed E-state index contributed by atoms with van der Waals surface area (Å²) < 4.78 is 0. The van der Waals surface area contributed by atoms with Gasteiger partial charge < -0.3 is 10.2 Å². The van der Waals surface area contributed by atoms with E-state index in [1.54, 1.807) is 0 Å². The summed E-state index contributed by atoms with van der Waals surface area (Å²) in [4.78, 5) is 0. The van der Waals surface area contributed by atoms with Gasteiger partial charge in [0.15, 0.2) is 0 Å². The maximum absolute atomic E-state index is 10.1. The van der Waals surface area contributed by atoms with E-state index in [4.69, 9.17) is 0 Å². The standard InChI is InChI=1S/C12H26O2/c1-5-7-8-12(6-2,9-13)11(14)10(3)4/h10-11,13-14H,5-9H2,1-4H3. The average molecular weight is 202 g/mol. The van der Waals surface area contributed by atoms with Crippen LogP contribution in [0, 0.1) is 11.3 Å². The summed E-state index contributed by atoms with van der Waals surface area (Å²) >= 11 is 0. The Morgan fingerprint density at radius 1 is 1.21 bits per heavy atom. The molecule has 0 fully saturated rings. The summed E-state index contributed by atoms with van der Waals surface area (Å²) in [6.07, 6.45) is 3.59. The topological polar surface area (TPSA) is 40.5 Å². The van der Waals surface area contributed by atoms with Gasteiger partial charge in [0.2, 0.25) is 0 Å². The van der Waals surface area contributed by atoms with Crippen LogP contribution in [0.2, 0.25) is 0 Å². The molecule has 0 saturated heterocycles. The molecule has 0 amide bonds. The summed E-state index contributed by atoms with van der Waals surface area (Å²) in [6, 6.07) is 0. The van der Waals surface area contributed by atoms with Crippen LogP contribution in [0.4, 0.5) is 0 Å². The van der Waals surface area contributed by atoms with Gasteiger partial charge in [-0.1, -0.05) is 40.5 Å². The molecule has 0 aromatic rings. The third kappa shape index (κ3) is 3.25. The highest BCUT2D eigenvalue weighted by Gasteiger charge is 2.36. The van der Waals surface area contributed by atoms with Crippen molar-refractivity contribution >= 4 is 0 Å². The molecule has 0 aromatic carbocycles. The molecule has 2 heteroatoms. The highest BCUT2D eigenvalue weighted by atomic mass is 16.3. The third-order valence-corrected chi connectivity index (χ3v) is 3.31. The first-order valence-electron chi connectivity index (χ1n) is 5.83. The predicted octanol–water partition coefficient (Wildman–Crippen LogP) is 2.58. The van der Waals surface area contributed by atoms with E-state index >= 15 is 0 Å². The fourth-order valence-electron chi connectivity index (χ4n) is 2.05. The maximum atomic E-state index is 10.1. The van der Waals surface area contributed by atoms with Crippen LogP contribution >= 0.6 is 0 Å². The Balaban J connectivity index is 4.50. The van der Waals surface area contributed by atoms with Crippen LogP contribution in [-0.2, 0) is 0 Å². The van der Waals surface area contributed by atoms with Gasteiger partial charge in [-0.25, -0.2) is 0 Å². The molecule has 0 spiro atoms. The van der Waals surface area contributed by atoms with Gasteiger partial charge in [-0.05, 0) is 18.8 Å². The third-order valence-electron chi connectivity index (χ3n) is 3.31. The Labute approximate surface area is 88.3 Å². The first-order valence-corrected chi connectivity index (χ1v) is 5.83. The predicted molar refractivity (Wildman–Crippen MR) is 60.2 cm³/mol. The highest BCUT2D eigenvalue weighted by molar-refractivity contribution is 4.86. The van der Waals surface area contributed by atoms with E-state index < -0.39 is 0 Å². The van der Waals surface area contributed by atoms with Crippen molar-refractivity contribution in [3.8, 4) is 0 Å². The molecule has 0 aliphatic carbocycles. The zero-order valence-electron chi connectivity index (χ0n) is 10.1. The van der Waals surface area contributed by atoms with Gasteiger partial charge in [-0.15, -0.1) is 0 Å². The second-order valence-electron chi connectivity index (χ2n) is 4.67. The van der Waals surface area contributed by atoms with E-state index in [1.165, 1.54) is 0 Å². The molecular formula is C12H26O2. The SMILES string of the molecule is CCCCC(CC)(CO)C(O)C(C)C. The lowest BCUT2D eigenvalue weighted by molar-refractivity contribution is -0.0527. The monoisotopic (exact) mass is 202 g/mol. The van der Waals surface area contributed by atoms with Crippen LogP contribution in [0.25, 0.3) is 0 Å². The molecule has 2 nitrogen and oxygen atoms in total. The van der Waals surface area contributed by atoms with E-state index in [1.807, 2.05) is 13.8 Å². The van der Waals surface area contributed by atoms with Crippen LogP contribution < -0.4 is 0 Å². The molecule has 0 bridgehead atoms. The minimum absolute atomic E-state index is 0.100. The van der Waals surface area contributed by atoms with Crippen molar-refractivity contribution in [3.63, 3.8) is 0 Å². The average Bonchev–Trinajstić information content (AvgIpc) is 2.19. The highest BCUT2D eigenvalue weighted by Crippen LogP contribution is 2.35. The molecular weight excluding hydrogens is 176 g/mol. The second kappa shape index (κ2) is 6.41. The van der Waals surface area contributed by atoms with Gasteiger partial charge in [-0.3, -0.25) is 0 Å². The molecule has 14 heavy (non-hydrogen) atoms. The smallest absolute Gasteiger partial charge is 0.0641 e. The Morgan fingerprint density at radius 2 is 1.79 bits per heavy atom. The number of rotatable bonds is 7. The molecule has 2 unspecified atom stereocenters. The number of aliphatic hydroxyl groups excluding tert-OH is 2. The van der Waals surface area contributed by atoms with Gasteiger partial charge in [0.25, 0.3) is 0 Å². The fourth-order valence-corrected chi connectivity index (χ4v) is 2.05. The minimum Gasteiger partial charge on any atom is -0.396 e. The van der Waals surface area contributed by atoms with Gasteiger partial charge in [0.1, 0.15) is 0 Å². The molecule has 86 valence electrons. The van der Waals surface area contributed by atoms with E-state index in [0.717, 1.165) is 25.7 Å². The van der Waals surface area contributed by atoms with Crippen LogP contribution in [0.3, 0.4) is 0 Å². The van der Waals surface area contributed by atoms with Crippen molar-refractivity contribution in [2.45, 2.75) is 59.5 Å². The molecule has 0 heterocycles. The second-order valence-corrected chi connectivity index (χ2v) is 4.67. The van der Waals surface area contributed by atoms with E-state index in [2.05, 4.69) is 13.8 Å². The minimum atomic E-state index is -0.385. The zero-order valence-corrected chi connectivity index (χ0v) is 10.1. The van der Waals surface area contributed by atoms with Crippen LogP contribution in [0.1, 0.15) is 53.4 Å². The van der Waals surface area contributed by atoms with Gasteiger partial charge in [0.05, 0.1) is 12.7 Å². The summed E-state index contributed by atoms with van der Waals surface area (Å²) in [5, 5.41) is 19.6. The quantitative estimate of drug-likeness (QED) is 0.666. The number of aliphatic hydroxyl groups is 2. The molecule has 2 atom stereocenters. The van der Waals surface area contributed by atoms with Gasteiger partial charge >= 0.3 is 0 Å². The lowest BCUT2D eigenvalue weighted by Gasteiger charge is -2.38. The van der Waals surface area contributed by atoms with Gasteiger partial charge in [0, 0.05) is 5.41 Å². The molecule has 0 saturated carbocycles. The fraction of sp³-hybridized carbons (Fsp3) is 1.00. The first kappa shape index (κ1) is 13.9. The van der Waals surface area contributed by atoms with E-state index in [9.17, 15) is 10.2 Å². The first-order chi connectivity index (χ1) is 6.54. The van der Waals surface area contributed by atoms with Crippen LogP contribution in [0.5, 0.6) is 0 Å². The molecule has 0 aromatic heterocycles. The van der Waals surface area contributed by atoms with Crippen molar-refractivity contribution in [2.24, 2.45) is 11.3 Å². The van der Waals surface area contributed by atoms with Crippen molar-refractivity contribution < 1.29 is 10.2 Å². The van der Waals surface area contributed by atoms with Crippen LogP contribution in [0.15, 0.2) is 0 Å². The van der Waals surface area contributed by atoms with Crippen molar-refractivity contribution in [1.82, 2.24) is 0 Å². The number of hydrogen-bond donors (Lipinski definition) is 2. The number of unbranched alkanes of at least 4 members (excludes halogenated alkanes) is 1. The Kier molecular flexibility index (Phi) is 6.38. The molecule has 0 aliphatic heterocycles. The van der Waals surface area contributed by atoms with Crippen molar-refractivity contribution in [2.75, 3.05) is 6.61 Å². The number of hydrogen-bond acceptors (Lipinski definition) is 2. The zero-order chi connectivity index (χ0) is 11.2. The van der Waals surface area contributed by atoms with E-state index in [-0.39, 0.29) is 24.0 Å². The summed E-state index contributed by atoms with van der Waals surface area (Å²) in [7, 11) is 0. The normalized spacial score (nSPS) is 18.2. The largest absolute Gasteiger partial charge is 0.396 e. The summed E-state index contributed by atoms with van der Waals surface area (Å²) in [6.45, 7) is 8.31. The Morgan fingerprint density at radius 3 is 2.07 bits per heavy atom. The van der Waals surface area contributed by atoms with Crippen molar-refractivity contribution in [3.05, 3.63) is 0 Å². The van der Waals surface area contributed by atoms with Crippen LogP contribution in [-0.4, -0.2) is 22.9 Å². The Bertz CT molecular complexity index is 139. The summed E-state index contributed by atoms with van der Waals surface area (Å²) in [5.74, 6) is 0.221. The van der Waals surface area contributed by atoms with Gasteiger partial charge in [-0.2, -0.15) is 0 Å². The summed E-state index contributed by atoms with van der Waals surface area (Å²) in [5.41, 5.74) is -0.274. The lowest BCUT2D eigenvalue weighted by Crippen LogP contribution is -2.41. The molecule has 2 N–H and O–H groups in total. The lowest BCUT2D eigenvalue weighted by atomic mass is 9.72. The molecule has 0 rings (SSSR count). The van der Waals surface area contributed by atoms with E-state index in [0.29, 0.717) is 0 Å².